The van der Waals surface area contributed by atoms with Gasteiger partial charge in [0.2, 0.25) is 0 Å². The number of carbonyl (C=O) groups is 3. The Bertz CT molecular complexity index is 987. The van der Waals surface area contributed by atoms with Gasteiger partial charge in [-0.15, -0.1) is 0 Å². The number of carbonyl (C=O) groups excluding carboxylic acids is 2. The molecule has 0 aromatic rings. The molecular formula is C31H51NO10. The highest BCUT2D eigenvalue weighted by Gasteiger charge is 2.55. The van der Waals surface area contributed by atoms with Gasteiger partial charge in [0.1, 0.15) is 17.8 Å². The summed E-state index contributed by atoms with van der Waals surface area (Å²) in [5.74, 6) is -4.05. The van der Waals surface area contributed by atoms with Crippen molar-refractivity contribution in [3.8, 4) is 0 Å². The Labute approximate surface area is 249 Å². The maximum Gasteiger partial charge on any atom is 0.308 e. The Morgan fingerprint density at radius 1 is 1.12 bits per heavy atom. The molecule has 0 spiro atoms. The largest absolute Gasteiger partial charge is 0.481 e. The molecule has 0 aliphatic carbocycles. The predicted molar refractivity (Wildman–Crippen MR) is 153 cm³/mol. The van der Waals surface area contributed by atoms with Crippen LogP contribution in [0.1, 0.15) is 73.6 Å². The summed E-state index contributed by atoms with van der Waals surface area (Å²) >= 11 is 0. The first-order valence-electron chi connectivity index (χ1n) is 15.2. The minimum atomic E-state index is -1.24. The zero-order chi connectivity index (χ0) is 31.5. The Hall–Kier alpha value is -1.89. The third kappa shape index (κ3) is 8.39. The lowest BCUT2D eigenvalue weighted by Crippen LogP contribution is -2.56. The molecule has 2 saturated heterocycles. The number of carboxylic acids is 1. The Kier molecular flexibility index (Phi) is 11.7. The lowest BCUT2D eigenvalue weighted by Gasteiger charge is -2.44. The van der Waals surface area contributed by atoms with Crippen LogP contribution in [0.3, 0.4) is 0 Å². The standard InChI is InChI=1S/C31H51NO10/c1-9-24-19(5)29-31(6,42-29)11-10-22(33)16(2)12-20(14-25(35)36)28(18(4)23(34)15-26(37)40-24)41-30-27(38)21(32(7)8)13-17(3)39-30/h10-11,16-21,23-24,27-30,34,38H,9,12-15H2,1-8H3,(H,35,36)/b11-10-/t16-,17+,18+,19-,20-,21+,23-,24-,27+,28-,29+,30+,31+/m1/s1. The molecule has 0 aromatic carbocycles. The summed E-state index contributed by atoms with van der Waals surface area (Å²) in [5, 5.41) is 32.3. The number of cyclic esters (lactones) is 1. The number of ketones is 1. The fourth-order valence-electron chi connectivity index (χ4n) is 6.57. The summed E-state index contributed by atoms with van der Waals surface area (Å²) in [6.07, 6.45) is -1.49. The smallest absolute Gasteiger partial charge is 0.308 e. The van der Waals surface area contributed by atoms with Gasteiger partial charge in [-0.05, 0) is 65.3 Å². The number of hydrogen-bond donors (Lipinski definition) is 3. The van der Waals surface area contributed by atoms with E-state index >= 15 is 0 Å². The van der Waals surface area contributed by atoms with Crippen LogP contribution in [-0.2, 0) is 33.3 Å². The average molecular weight is 598 g/mol. The second-order valence-corrected chi connectivity index (χ2v) is 13.1. The third-order valence-corrected chi connectivity index (χ3v) is 9.33. The molecule has 3 aliphatic rings. The summed E-state index contributed by atoms with van der Waals surface area (Å²) in [5.41, 5.74) is -0.681. The summed E-state index contributed by atoms with van der Waals surface area (Å²) in [6, 6.07) is -0.272. The van der Waals surface area contributed by atoms with Crippen LogP contribution in [0.2, 0.25) is 0 Å². The van der Waals surface area contributed by atoms with Crippen LogP contribution >= 0.6 is 0 Å². The molecule has 0 aromatic heterocycles. The number of carboxylic acid groups (broad SMARTS) is 1. The van der Waals surface area contributed by atoms with Crippen molar-refractivity contribution < 1.29 is 48.7 Å². The van der Waals surface area contributed by atoms with Gasteiger partial charge in [-0.1, -0.05) is 27.7 Å². The normalized spacial score (nSPS) is 44.7. The van der Waals surface area contributed by atoms with Gasteiger partial charge in [0.15, 0.2) is 12.1 Å². The quantitative estimate of drug-likeness (QED) is 0.306. The molecule has 0 saturated carbocycles. The van der Waals surface area contributed by atoms with Crippen molar-refractivity contribution in [2.75, 3.05) is 14.1 Å². The van der Waals surface area contributed by atoms with Crippen LogP contribution in [0.15, 0.2) is 12.2 Å². The van der Waals surface area contributed by atoms with E-state index in [0.717, 1.165) is 0 Å². The maximum absolute atomic E-state index is 13.2. The Morgan fingerprint density at radius 3 is 2.38 bits per heavy atom. The van der Waals surface area contributed by atoms with Gasteiger partial charge in [-0.2, -0.15) is 0 Å². The molecule has 13 atom stereocenters. The highest BCUT2D eigenvalue weighted by atomic mass is 16.7. The average Bonchev–Trinajstić information content (AvgIpc) is 3.59. The molecule has 240 valence electrons. The van der Waals surface area contributed by atoms with Gasteiger partial charge in [0.05, 0.1) is 37.3 Å². The summed E-state index contributed by atoms with van der Waals surface area (Å²) in [4.78, 5) is 40.2. The van der Waals surface area contributed by atoms with E-state index in [1.807, 2.05) is 46.7 Å². The lowest BCUT2D eigenvalue weighted by molar-refractivity contribution is -0.283. The van der Waals surface area contributed by atoms with E-state index in [1.54, 1.807) is 19.9 Å². The lowest BCUT2D eigenvalue weighted by atomic mass is 9.79. The van der Waals surface area contributed by atoms with Crippen molar-refractivity contribution in [1.82, 2.24) is 4.90 Å². The highest BCUT2D eigenvalue weighted by molar-refractivity contribution is 5.91. The fraction of sp³-hybridized carbons (Fsp3) is 0.839. The van der Waals surface area contributed by atoms with E-state index in [0.29, 0.717) is 12.8 Å². The number of aliphatic hydroxyl groups excluding tert-OH is 2. The number of aliphatic carboxylic acids is 1. The molecule has 11 nitrogen and oxygen atoms in total. The van der Waals surface area contributed by atoms with Gasteiger partial charge in [-0.3, -0.25) is 14.4 Å². The van der Waals surface area contributed by atoms with Crippen molar-refractivity contribution in [3.05, 3.63) is 12.2 Å². The number of rotatable bonds is 6. The summed E-state index contributed by atoms with van der Waals surface area (Å²) in [7, 11) is 3.70. The van der Waals surface area contributed by atoms with Crippen LogP contribution in [0.25, 0.3) is 0 Å². The number of esters is 1. The topological polar surface area (TPSA) is 155 Å². The molecule has 42 heavy (non-hydrogen) atoms. The first-order chi connectivity index (χ1) is 19.6. The first-order valence-corrected chi connectivity index (χ1v) is 15.2. The van der Waals surface area contributed by atoms with Crippen molar-refractivity contribution in [1.29, 1.82) is 0 Å². The number of allylic oxidation sites excluding steroid dienone is 1. The van der Waals surface area contributed by atoms with Crippen molar-refractivity contribution in [2.24, 2.45) is 23.7 Å². The summed E-state index contributed by atoms with van der Waals surface area (Å²) in [6.45, 7) is 11.0. The first kappa shape index (κ1) is 34.6. The number of hydrogen-bond acceptors (Lipinski definition) is 10. The second-order valence-electron chi connectivity index (χ2n) is 13.1. The Morgan fingerprint density at radius 2 is 1.79 bits per heavy atom. The van der Waals surface area contributed by atoms with Crippen LogP contribution in [-0.4, -0.2) is 107 Å². The number of fused-ring (bicyclic) bond motifs is 1. The van der Waals surface area contributed by atoms with Crippen LogP contribution in [0.4, 0.5) is 0 Å². The fourth-order valence-corrected chi connectivity index (χ4v) is 6.57. The van der Waals surface area contributed by atoms with E-state index in [1.165, 1.54) is 6.08 Å². The predicted octanol–water partition coefficient (Wildman–Crippen LogP) is 2.56. The second kappa shape index (κ2) is 14.3. The zero-order valence-corrected chi connectivity index (χ0v) is 26.3. The minimum Gasteiger partial charge on any atom is -0.481 e. The van der Waals surface area contributed by atoms with Gasteiger partial charge in [0, 0.05) is 23.8 Å². The van der Waals surface area contributed by atoms with Crippen LogP contribution < -0.4 is 0 Å². The van der Waals surface area contributed by atoms with Gasteiger partial charge >= 0.3 is 11.9 Å². The van der Waals surface area contributed by atoms with Gasteiger partial charge in [-0.25, -0.2) is 0 Å². The van der Waals surface area contributed by atoms with Gasteiger partial charge in [0.25, 0.3) is 0 Å². The molecule has 0 radical (unpaired) electrons. The SMILES string of the molecule is CC[C@H]1OC(=O)C[C@@H](O)[C@H](C)[C@@H](O[C@@H]2O[C@@H](C)C[C@H](N(C)C)[C@@H]2O)[C@@H](CC(=O)O)C[C@@H](C)C(=O)/C=C\[C@]2(C)O[C@H]2[C@@H]1C. The molecule has 11 heteroatoms. The van der Waals surface area contributed by atoms with E-state index in [-0.39, 0.29) is 49.2 Å². The van der Waals surface area contributed by atoms with Crippen molar-refractivity contribution >= 4 is 17.7 Å². The number of epoxide rings is 1. The summed E-state index contributed by atoms with van der Waals surface area (Å²) < 4.78 is 24.1. The van der Waals surface area contributed by atoms with Gasteiger partial charge < -0.3 is 39.2 Å². The van der Waals surface area contributed by atoms with E-state index in [4.69, 9.17) is 18.9 Å². The Balaban J connectivity index is 1.98. The number of likely N-dealkylation sites (N-methyl/N-ethyl adjacent to an activating group) is 1. The highest BCUT2D eigenvalue weighted by Crippen LogP contribution is 2.45. The molecule has 0 amide bonds. The molecule has 3 N–H and O–H groups in total. The maximum atomic E-state index is 13.2. The molecule has 0 unspecified atom stereocenters. The molecular weight excluding hydrogens is 546 g/mol. The molecule has 3 aliphatic heterocycles. The van der Waals surface area contributed by atoms with E-state index < -0.39 is 66.0 Å². The number of ether oxygens (including phenoxy) is 4. The number of aliphatic hydroxyl groups is 2. The monoisotopic (exact) mass is 597 g/mol. The van der Waals surface area contributed by atoms with Crippen LogP contribution in [0.5, 0.6) is 0 Å². The van der Waals surface area contributed by atoms with E-state index in [2.05, 4.69) is 0 Å². The molecule has 2 fully saturated rings. The van der Waals surface area contributed by atoms with Crippen LogP contribution in [0, 0.1) is 23.7 Å². The number of nitrogens with zero attached hydrogens (tertiary/aromatic N) is 1. The third-order valence-electron chi connectivity index (χ3n) is 9.33. The zero-order valence-electron chi connectivity index (χ0n) is 26.3. The molecule has 3 heterocycles. The van der Waals surface area contributed by atoms with Crippen molar-refractivity contribution in [2.45, 2.75) is 128 Å². The molecule has 3 rings (SSSR count). The van der Waals surface area contributed by atoms with E-state index in [9.17, 15) is 29.7 Å². The molecule has 0 bridgehead atoms. The minimum absolute atomic E-state index is 0.142. The van der Waals surface area contributed by atoms with Crippen molar-refractivity contribution in [3.63, 3.8) is 0 Å².